The van der Waals surface area contributed by atoms with Crippen molar-refractivity contribution in [2.45, 2.75) is 189 Å². The third-order valence-electron chi connectivity index (χ3n) is 6.90. The van der Waals surface area contributed by atoms with E-state index in [1.165, 1.54) is 70.6 Å². The van der Waals surface area contributed by atoms with Crippen LogP contribution in [0.1, 0.15) is 177 Å². The number of carboxylic acids is 2. The van der Waals surface area contributed by atoms with Gasteiger partial charge in [-0.05, 0) is 44.6 Å². The minimum atomic E-state index is -1.16. The van der Waals surface area contributed by atoms with Gasteiger partial charge < -0.3 is 26.0 Å². The van der Waals surface area contributed by atoms with E-state index < -0.39 is 18.0 Å². The van der Waals surface area contributed by atoms with Crippen molar-refractivity contribution in [1.29, 1.82) is 0 Å². The predicted molar refractivity (Wildman–Crippen MR) is 219 cm³/mol. The molecule has 50 heavy (non-hydrogen) atoms. The van der Waals surface area contributed by atoms with Gasteiger partial charge in [0.05, 0.1) is 0 Å². The molecule has 2 atom stereocenters. The first-order chi connectivity index (χ1) is 24.2. The summed E-state index contributed by atoms with van der Waals surface area (Å²) in [5.41, 5.74) is 2.62. The SMILES string of the molecule is CC.CC.CC.CCCCCCCCCCCCCCCC(=O)O.CSSC.NNC(CCO)CCCCNC(=O)CC[C@H](NC=O)C(=O)O. The lowest BCUT2D eigenvalue weighted by Gasteiger charge is -2.14. The third-order valence-corrected chi connectivity index (χ3v) is 8.24. The molecule has 0 aromatic carbocycles. The van der Waals surface area contributed by atoms with Crippen LogP contribution in [0, 0.1) is 0 Å². The van der Waals surface area contributed by atoms with Crippen molar-refractivity contribution in [3.63, 3.8) is 0 Å². The largest absolute Gasteiger partial charge is 0.481 e. The highest BCUT2D eigenvalue weighted by Crippen LogP contribution is 2.13. The molecular formula is C37H82N4O7S2. The Morgan fingerprint density at radius 3 is 1.50 bits per heavy atom. The Morgan fingerprint density at radius 2 is 1.14 bits per heavy atom. The summed E-state index contributed by atoms with van der Waals surface area (Å²) in [6.45, 7) is 14.8. The van der Waals surface area contributed by atoms with Gasteiger partial charge in [-0.3, -0.25) is 25.7 Å². The fourth-order valence-electron chi connectivity index (χ4n) is 4.23. The minimum absolute atomic E-state index is 0.0370. The van der Waals surface area contributed by atoms with Crippen LogP contribution in [-0.2, 0) is 19.2 Å². The Bertz CT molecular complexity index is 665. The lowest BCUT2D eigenvalue weighted by atomic mass is 10.0. The normalized spacial score (nSPS) is 10.6. The van der Waals surface area contributed by atoms with Crippen LogP contribution in [0.25, 0.3) is 0 Å². The van der Waals surface area contributed by atoms with E-state index in [4.69, 9.17) is 21.2 Å². The second-order valence-corrected chi connectivity index (χ2v) is 13.3. The Morgan fingerprint density at radius 1 is 0.680 bits per heavy atom. The molecule has 0 saturated heterocycles. The predicted octanol–water partition coefficient (Wildman–Crippen LogP) is 8.72. The van der Waals surface area contributed by atoms with Crippen molar-refractivity contribution in [3.05, 3.63) is 0 Å². The molecule has 0 aliphatic carbocycles. The molecule has 0 heterocycles. The number of aliphatic hydroxyl groups is 1. The van der Waals surface area contributed by atoms with Gasteiger partial charge in [0, 0.05) is 32.0 Å². The van der Waals surface area contributed by atoms with Gasteiger partial charge in [0.15, 0.2) is 0 Å². The first-order valence-electron chi connectivity index (χ1n) is 19.3. The quantitative estimate of drug-likeness (QED) is 0.0127. The van der Waals surface area contributed by atoms with Gasteiger partial charge in [0.1, 0.15) is 6.04 Å². The van der Waals surface area contributed by atoms with Gasteiger partial charge in [-0.15, -0.1) is 0 Å². The number of carboxylic acid groups (broad SMARTS) is 2. The number of hydrogen-bond acceptors (Lipinski definition) is 9. The van der Waals surface area contributed by atoms with E-state index in [9.17, 15) is 19.2 Å². The molecular weight excluding hydrogens is 677 g/mol. The summed E-state index contributed by atoms with van der Waals surface area (Å²) in [6, 6.07) is -0.982. The van der Waals surface area contributed by atoms with Gasteiger partial charge >= 0.3 is 11.9 Å². The molecule has 1 unspecified atom stereocenters. The van der Waals surface area contributed by atoms with E-state index in [0.717, 1.165) is 32.1 Å². The van der Waals surface area contributed by atoms with Crippen LogP contribution < -0.4 is 21.9 Å². The molecule has 0 aromatic rings. The van der Waals surface area contributed by atoms with E-state index >= 15 is 0 Å². The van der Waals surface area contributed by atoms with Gasteiger partial charge in [-0.1, -0.05) is 154 Å². The molecule has 0 rings (SSSR count). The summed E-state index contributed by atoms with van der Waals surface area (Å²) in [4.78, 5) is 42.8. The highest BCUT2D eigenvalue weighted by Gasteiger charge is 2.17. The zero-order chi connectivity index (χ0) is 39.7. The Labute approximate surface area is 316 Å². The lowest BCUT2D eigenvalue weighted by molar-refractivity contribution is -0.141. The average molecular weight is 759 g/mol. The number of amides is 2. The zero-order valence-electron chi connectivity index (χ0n) is 33.7. The molecule has 0 spiro atoms. The number of aliphatic hydroxyl groups excluding tert-OH is 1. The highest BCUT2D eigenvalue weighted by atomic mass is 33.1. The highest BCUT2D eigenvalue weighted by molar-refractivity contribution is 8.76. The molecule has 304 valence electrons. The maximum atomic E-state index is 11.5. The second-order valence-electron chi connectivity index (χ2n) is 10.7. The van der Waals surface area contributed by atoms with Gasteiger partial charge in [0.25, 0.3) is 0 Å². The molecule has 2 amide bonds. The van der Waals surface area contributed by atoms with Crippen molar-refractivity contribution in [2.24, 2.45) is 5.84 Å². The summed E-state index contributed by atoms with van der Waals surface area (Å²) in [7, 11) is 3.55. The Balaban J connectivity index is -0.000000155. The first kappa shape index (κ1) is 60.5. The van der Waals surface area contributed by atoms with Gasteiger partial charge in [-0.25, -0.2) is 4.79 Å². The van der Waals surface area contributed by atoms with Crippen molar-refractivity contribution in [2.75, 3.05) is 25.7 Å². The van der Waals surface area contributed by atoms with Crippen LogP contribution in [-0.4, -0.2) is 77.3 Å². The average Bonchev–Trinajstić information content (AvgIpc) is 3.14. The maximum Gasteiger partial charge on any atom is 0.326 e. The fraction of sp³-hybridized carbons (Fsp3) is 0.892. The van der Waals surface area contributed by atoms with Crippen molar-refractivity contribution in [3.8, 4) is 0 Å². The number of unbranched alkanes of at least 4 members (excludes halogenated alkanes) is 13. The number of nitrogens with one attached hydrogen (secondary N) is 3. The van der Waals surface area contributed by atoms with Crippen molar-refractivity contribution < 1.29 is 34.5 Å². The molecule has 0 aliphatic heterocycles. The number of aliphatic carboxylic acids is 2. The number of hydrogen-bond donors (Lipinski definition) is 7. The molecule has 0 bridgehead atoms. The topological polar surface area (TPSA) is 191 Å². The van der Waals surface area contributed by atoms with Crippen LogP contribution in [0.3, 0.4) is 0 Å². The number of nitrogens with two attached hydrogens (primary N) is 1. The summed E-state index contributed by atoms with van der Waals surface area (Å²) in [5.74, 6) is 3.26. The van der Waals surface area contributed by atoms with Crippen LogP contribution >= 0.6 is 21.6 Å². The molecule has 0 saturated carbocycles. The van der Waals surface area contributed by atoms with Crippen LogP contribution in [0.5, 0.6) is 0 Å². The smallest absolute Gasteiger partial charge is 0.326 e. The first-order valence-corrected chi connectivity index (χ1v) is 22.2. The monoisotopic (exact) mass is 759 g/mol. The molecule has 13 heteroatoms. The summed E-state index contributed by atoms with van der Waals surface area (Å²) in [6.07, 6.45) is 24.8. The van der Waals surface area contributed by atoms with E-state index in [1.54, 1.807) is 21.6 Å². The number of rotatable bonds is 29. The summed E-state index contributed by atoms with van der Waals surface area (Å²) < 4.78 is 0. The lowest BCUT2D eigenvalue weighted by Crippen LogP contribution is -2.37. The van der Waals surface area contributed by atoms with Crippen LogP contribution in [0.2, 0.25) is 0 Å². The molecule has 0 radical (unpaired) electrons. The fourth-order valence-corrected chi connectivity index (χ4v) is 4.23. The maximum absolute atomic E-state index is 11.5. The van der Waals surface area contributed by atoms with Crippen LogP contribution in [0.4, 0.5) is 0 Å². The second kappa shape index (κ2) is 59.6. The number of carbonyl (C=O) groups excluding carboxylic acids is 2. The van der Waals surface area contributed by atoms with E-state index in [1.807, 2.05) is 41.5 Å². The molecule has 11 nitrogen and oxygen atoms in total. The van der Waals surface area contributed by atoms with Gasteiger partial charge in [-0.2, -0.15) is 0 Å². The van der Waals surface area contributed by atoms with E-state index in [2.05, 4.69) is 35.5 Å². The standard InChI is InChI=1S/C16H32O2.C13H26N4O5.C2H6S2.3C2H6/c1-2-3-4-5-6-7-8-9-10-11-12-13-14-15-16(17)18;14-17-10(6-8-18)3-1-2-7-15-12(20)5-4-11(13(21)22)16-9-19;1-3-4-2;3*1-2/h2-15H2,1H3,(H,17,18);9-11,17-18H,1-8,14H2,(H,15,20)(H,16,19)(H,21,22);1-2H3;3*1-2H3/t;10?,11-;;;;/m.0..../s1. The molecule has 0 fully saturated rings. The minimum Gasteiger partial charge on any atom is -0.481 e. The third kappa shape index (κ3) is 61.7. The number of hydrazine groups is 1. The molecule has 8 N–H and O–H groups in total. The zero-order valence-corrected chi connectivity index (χ0v) is 35.3. The molecule has 0 aliphatic rings. The van der Waals surface area contributed by atoms with E-state index in [-0.39, 0.29) is 31.4 Å². The summed E-state index contributed by atoms with van der Waals surface area (Å²) in [5, 5.41) is 30.9. The van der Waals surface area contributed by atoms with Crippen molar-refractivity contribution >= 4 is 45.8 Å². The Hall–Kier alpha value is -1.54. The number of carbonyl (C=O) groups is 4. The Kier molecular flexibility index (Phi) is 72.2. The molecule has 0 aromatic heterocycles. The van der Waals surface area contributed by atoms with Crippen molar-refractivity contribution in [1.82, 2.24) is 16.1 Å². The summed E-state index contributed by atoms with van der Waals surface area (Å²) >= 11 is 0. The van der Waals surface area contributed by atoms with Gasteiger partial charge in [0.2, 0.25) is 12.3 Å². The van der Waals surface area contributed by atoms with E-state index in [0.29, 0.717) is 25.8 Å². The van der Waals surface area contributed by atoms with Crippen LogP contribution in [0.15, 0.2) is 0 Å².